The number of hydrogen-bond acceptors (Lipinski definition) is 2. The number of amides is 1. The van der Waals surface area contributed by atoms with Crippen molar-refractivity contribution < 1.29 is 9.59 Å². The molecule has 2 rings (SSSR count). The highest BCUT2D eigenvalue weighted by molar-refractivity contribution is 6.52. The molecule has 82 valence electrons. The molecule has 0 saturated heterocycles. The van der Waals surface area contributed by atoms with Crippen LogP contribution in [0.25, 0.3) is 0 Å². The van der Waals surface area contributed by atoms with Gasteiger partial charge in [0.2, 0.25) is 0 Å². The fourth-order valence-corrected chi connectivity index (χ4v) is 1.81. The van der Waals surface area contributed by atoms with E-state index in [9.17, 15) is 9.59 Å². The van der Waals surface area contributed by atoms with Crippen LogP contribution >= 0.6 is 0 Å². The zero-order chi connectivity index (χ0) is 11.7. The number of ketones is 1. The molecule has 0 bridgehead atoms. The van der Waals surface area contributed by atoms with Crippen molar-refractivity contribution in [2.75, 3.05) is 5.32 Å². The predicted octanol–water partition coefficient (Wildman–Crippen LogP) is 2.33. The van der Waals surface area contributed by atoms with Gasteiger partial charge in [-0.3, -0.25) is 9.59 Å². The minimum Gasteiger partial charge on any atom is -0.318 e. The molecule has 0 saturated carbocycles. The maximum atomic E-state index is 11.7. The molecule has 1 aromatic rings. The van der Waals surface area contributed by atoms with Crippen molar-refractivity contribution in [2.45, 2.75) is 20.3 Å². The van der Waals surface area contributed by atoms with Crippen LogP contribution in [0.2, 0.25) is 0 Å². The Morgan fingerprint density at radius 2 is 2.12 bits per heavy atom. The van der Waals surface area contributed by atoms with E-state index in [1.807, 2.05) is 32.1 Å². The predicted molar refractivity (Wildman–Crippen MR) is 62.5 cm³/mol. The third kappa shape index (κ3) is 1.65. The van der Waals surface area contributed by atoms with E-state index in [1.165, 1.54) is 5.57 Å². The number of fused-ring (bicyclic) bond motifs is 1. The first-order valence-electron chi connectivity index (χ1n) is 5.23. The van der Waals surface area contributed by atoms with Crippen LogP contribution in [0.5, 0.6) is 0 Å². The Kier molecular flexibility index (Phi) is 2.60. The Bertz CT molecular complexity index is 501. The zero-order valence-corrected chi connectivity index (χ0v) is 9.33. The lowest BCUT2D eigenvalue weighted by Gasteiger charge is -2.05. The molecule has 3 nitrogen and oxygen atoms in total. The van der Waals surface area contributed by atoms with Crippen molar-refractivity contribution in [2.24, 2.45) is 0 Å². The molecule has 1 heterocycles. The first kappa shape index (κ1) is 10.6. The van der Waals surface area contributed by atoms with E-state index < -0.39 is 11.7 Å². The van der Waals surface area contributed by atoms with E-state index in [4.69, 9.17) is 0 Å². The van der Waals surface area contributed by atoms with E-state index >= 15 is 0 Å². The molecule has 0 fully saturated rings. The van der Waals surface area contributed by atoms with Gasteiger partial charge in [-0.15, -0.1) is 0 Å². The second-order valence-corrected chi connectivity index (χ2v) is 3.93. The number of Topliss-reactive ketones (excluding diaryl/α,β-unsaturated/α-hetero) is 1. The lowest BCUT2D eigenvalue weighted by atomic mass is 9.98. The molecule has 1 aliphatic heterocycles. The van der Waals surface area contributed by atoms with Crippen LogP contribution in [-0.2, 0) is 11.2 Å². The molecule has 0 spiro atoms. The van der Waals surface area contributed by atoms with E-state index in [1.54, 1.807) is 6.07 Å². The van der Waals surface area contributed by atoms with Gasteiger partial charge >= 0.3 is 0 Å². The molecule has 3 heteroatoms. The fourth-order valence-electron chi connectivity index (χ4n) is 1.81. The molecule has 0 radical (unpaired) electrons. The highest BCUT2D eigenvalue weighted by Crippen LogP contribution is 2.27. The number of anilines is 1. The number of allylic oxidation sites excluding steroid dienone is 2. The Balaban J connectivity index is 2.46. The second-order valence-electron chi connectivity index (χ2n) is 3.93. The van der Waals surface area contributed by atoms with Gasteiger partial charge in [0.05, 0.1) is 11.3 Å². The lowest BCUT2D eigenvalue weighted by Crippen LogP contribution is -2.13. The molecule has 0 unspecified atom stereocenters. The average Bonchev–Trinajstić information content (AvgIpc) is 2.56. The summed E-state index contributed by atoms with van der Waals surface area (Å²) in [6.45, 7) is 3.97. The number of benzene rings is 1. The topological polar surface area (TPSA) is 46.2 Å². The van der Waals surface area contributed by atoms with Crippen LogP contribution in [0.3, 0.4) is 0 Å². The van der Waals surface area contributed by atoms with Crippen LogP contribution in [0.15, 0.2) is 29.8 Å². The van der Waals surface area contributed by atoms with Gasteiger partial charge in [0.15, 0.2) is 0 Å². The van der Waals surface area contributed by atoms with Crippen LogP contribution in [0, 0.1) is 0 Å². The molecule has 0 aliphatic carbocycles. The summed E-state index contributed by atoms with van der Waals surface area (Å²) in [6, 6.07) is 5.51. The Morgan fingerprint density at radius 3 is 2.81 bits per heavy atom. The van der Waals surface area contributed by atoms with Crippen LogP contribution in [0.4, 0.5) is 5.69 Å². The van der Waals surface area contributed by atoms with Gasteiger partial charge in [-0.2, -0.15) is 0 Å². The SMILES string of the molecule is C/C=C(/C)Cc1cccc2c1C(=O)C(=O)N2. The largest absolute Gasteiger partial charge is 0.318 e. The number of hydrogen-bond donors (Lipinski definition) is 1. The van der Waals surface area contributed by atoms with Crippen LogP contribution in [-0.4, -0.2) is 11.7 Å². The lowest BCUT2D eigenvalue weighted by molar-refractivity contribution is -0.112. The molecule has 1 aliphatic rings. The van der Waals surface area contributed by atoms with Crippen molar-refractivity contribution in [3.63, 3.8) is 0 Å². The fraction of sp³-hybridized carbons (Fsp3) is 0.231. The van der Waals surface area contributed by atoms with E-state index in [2.05, 4.69) is 5.32 Å². The third-order valence-electron chi connectivity index (χ3n) is 2.79. The van der Waals surface area contributed by atoms with Gasteiger partial charge in [0, 0.05) is 0 Å². The second kappa shape index (κ2) is 3.93. The van der Waals surface area contributed by atoms with Gasteiger partial charge in [-0.25, -0.2) is 0 Å². The summed E-state index contributed by atoms with van der Waals surface area (Å²) in [6.07, 6.45) is 2.72. The highest BCUT2D eigenvalue weighted by atomic mass is 16.2. The normalized spacial score (nSPS) is 15.0. The standard InChI is InChI=1S/C13H13NO2/c1-3-8(2)7-9-5-4-6-10-11(9)12(15)13(16)14-10/h3-6H,7H2,1-2H3,(H,14,15,16)/b8-3-. The minimum atomic E-state index is -0.527. The Hall–Kier alpha value is -1.90. The van der Waals surface area contributed by atoms with E-state index in [-0.39, 0.29) is 0 Å². The molecular formula is C13H13NO2. The average molecular weight is 215 g/mol. The number of carbonyl (C=O) groups excluding carboxylic acids is 2. The summed E-state index contributed by atoms with van der Waals surface area (Å²) in [5.41, 5.74) is 3.27. The third-order valence-corrected chi connectivity index (χ3v) is 2.79. The molecule has 0 aromatic heterocycles. The molecule has 16 heavy (non-hydrogen) atoms. The summed E-state index contributed by atoms with van der Waals surface area (Å²) >= 11 is 0. The molecular weight excluding hydrogens is 202 g/mol. The smallest absolute Gasteiger partial charge is 0.296 e. The first-order chi connectivity index (χ1) is 7.63. The summed E-state index contributed by atoms with van der Waals surface area (Å²) < 4.78 is 0. The van der Waals surface area contributed by atoms with E-state index in [0.29, 0.717) is 17.7 Å². The summed E-state index contributed by atoms with van der Waals surface area (Å²) in [5.74, 6) is -0.949. The summed E-state index contributed by atoms with van der Waals surface area (Å²) in [5, 5.41) is 2.57. The summed E-state index contributed by atoms with van der Waals surface area (Å²) in [7, 11) is 0. The number of nitrogens with one attached hydrogen (secondary N) is 1. The summed E-state index contributed by atoms with van der Waals surface area (Å²) in [4.78, 5) is 22.9. The monoisotopic (exact) mass is 215 g/mol. The van der Waals surface area contributed by atoms with Gasteiger partial charge in [0.1, 0.15) is 0 Å². The van der Waals surface area contributed by atoms with Gasteiger partial charge < -0.3 is 5.32 Å². The molecule has 1 amide bonds. The Labute approximate surface area is 94.2 Å². The van der Waals surface area contributed by atoms with Crippen molar-refractivity contribution in [3.05, 3.63) is 41.0 Å². The van der Waals surface area contributed by atoms with Crippen molar-refractivity contribution in [1.82, 2.24) is 0 Å². The highest BCUT2D eigenvalue weighted by Gasteiger charge is 2.29. The Morgan fingerprint density at radius 1 is 1.38 bits per heavy atom. The van der Waals surface area contributed by atoms with Crippen molar-refractivity contribution >= 4 is 17.4 Å². The maximum absolute atomic E-state index is 11.7. The molecule has 1 N–H and O–H groups in total. The molecule has 1 aromatic carbocycles. The van der Waals surface area contributed by atoms with Crippen molar-refractivity contribution in [1.29, 1.82) is 0 Å². The van der Waals surface area contributed by atoms with Gasteiger partial charge in [-0.1, -0.05) is 23.8 Å². The maximum Gasteiger partial charge on any atom is 0.296 e. The van der Waals surface area contributed by atoms with Crippen LogP contribution in [0.1, 0.15) is 29.8 Å². The van der Waals surface area contributed by atoms with E-state index in [0.717, 1.165) is 5.56 Å². The molecule has 0 atom stereocenters. The minimum absolute atomic E-state index is 0.422. The van der Waals surface area contributed by atoms with Crippen molar-refractivity contribution in [3.8, 4) is 0 Å². The number of rotatable bonds is 2. The van der Waals surface area contributed by atoms with Gasteiger partial charge in [-0.05, 0) is 31.9 Å². The quantitative estimate of drug-likeness (QED) is 0.608. The number of carbonyl (C=O) groups is 2. The first-order valence-corrected chi connectivity index (χ1v) is 5.23. The zero-order valence-electron chi connectivity index (χ0n) is 9.33. The van der Waals surface area contributed by atoms with Gasteiger partial charge in [0.25, 0.3) is 11.7 Å². The van der Waals surface area contributed by atoms with Crippen LogP contribution < -0.4 is 5.32 Å².